The van der Waals surface area contributed by atoms with Crippen LogP contribution in [0.5, 0.6) is 0 Å². The SMILES string of the molecule is C/C=C/CN1C(=O)C2C(c3ccccc3C)NC(Cc3c[nH]c4ccccc34)(C(=O)O)C2C1=O. The zero-order valence-corrected chi connectivity index (χ0v) is 19.1. The molecule has 2 aliphatic heterocycles. The van der Waals surface area contributed by atoms with Gasteiger partial charge < -0.3 is 10.1 Å². The van der Waals surface area contributed by atoms with E-state index in [1.807, 2.05) is 62.4 Å². The number of carboxylic acids is 1. The molecule has 2 fully saturated rings. The Bertz CT molecular complexity index is 1330. The van der Waals surface area contributed by atoms with Gasteiger partial charge in [0.25, 0.3) is 0 Å². The summed E-state index contributed by atoms with van der Waals surface area (Å²) in [4.78, 5) is 44.6. The summed E-state index contributed by atoms with van der Waals surface area (Å²) in [5.41, 5.74) is 1.85. The molecule has 3 N–H and O–H groups in total. The van der Waals surface area contributed by atoms with Gasteiger partial charge in [-0.15, -0.1) is 0 Å². The summed E-state index contributed by atoms with van der Waals surface area (Å²) >= 11 is 0. The van der Waals surface area contributed by atoms with Gasteiger partial charge in [-0.3, -0.25) is 24.6 Å². The number of aryl methyl sites for hydroxylation is 1. The Labute approximate surface area is 197 Å². The summed E-state index contributed by atoms with van der Waals surface area (Å²) in [5.74, 6) is -3.69. The van der Waals surface area contributed by atoms with Gasteiger partial charge in [0.05, 0.1) is 11.8 Å². The fourth-order valence-corrected chi connectivity index (χ4v) is 5.67. The van der Waals surface area contributed by atoms with E-state index in [9.17, 15) is 19.5 Å². The predicted octanol–water partition coefficient (Wildman–Crippen LogP) is 3.36. The molecule has 0 spiro atoms. The predicted molar refractivity (Wildman–Crippen MR) is 128 cm³/mol. The van der Waals surface area contributed by atoms with Crippen LogP contribution in [0.2, 0.25) is 0 Å². The van der Waals surface area contributed by atoms with Crippen molar-refractivity contribution in [2.24, 2.45) is 11.8 Å². The minimum atomic E-state index is -1.62. The molecule has 7 nitrogen and oxygen atoms in total. The maximum atomic E-state index is 13.6. The van der Waals surface area contributed by atoms with Crippen molar-refractivity contribution in [1.82, 2.24) is 15.2 Å². The Kier molecular flexibility index (Phi) is 5.37. The van der Waals surface area contributed by atoms with Crippen LogP contribution in [0.3, 0.4) is 0 Å². The standard InChI is InChI=1S/C27H27N3O4/c1-3-4-13-30-24(31)21-22(25(30)32)27(26(33)34,29-23(21)18-10-6-5-9-16(18)2)14-17-15-28-20-12-8-7-11-19(17)20/h3-12,15,21-23,28-29H,13-14H2,1-2H3,(H,33,34)/b4-3+. The average Bonchev–Trinajstić information content (AvgIpc) is 3.46. The molecule has 3 heterocycles. The number of carbonyl (C=O) groups excluding carboxylic acids is 2. The number of aromatic amines is 1. The number of rotatable bonds is 6. The normalized spacial score (nSPS) is 26.6. The number of likely N-dealkylation sites (tertiary alicyclic amines) is 1. The summed E-state index contributed by atoms with van der Waals surface area (Å²) in [7, 11) is 0. The monoisotopic (exact) mass is 457 g/mol. The number of aromatic nitrogens is 1. The van der Waals surface area contributed by atoms with E-state index in [2.05, 4.69) is 10.3 Å². The maximum absolute atomic E-state index is 13.6. The first-order valence-electron chi connectivity index (χ1n) is 11.5. The Morgan fingerprint density at radius 1 is 1.12 bits per heavy atom. The molecule has 2 saturated heterocycles. The van der Waals surface area contributed by atoms with Crippen LogP contribution in [0, 0.1) is 18.8 Å². The second-order valence-electron chi connectivity index (χ2n) is 9.15. The maximum Gasteiger partial charge on any atom is 0.325 e. The van der Waals surface area contributed by atoms with E-state index in [-0.39, 0.29) is 18.9 Å². The quantitative estimate of drug-likeness (QED) is 0.389. The number of imide groups is 1. The number of fused-ring (bicyclic) bond motifs is 2. The minimum absolute atomic E-state index is 0.0758. The van der Waals surface area contributed by atoms with Crippen molar-refractivity contribution in [1.29, 1.82) is 0 Å². The molecule has 4 atom stereocenters. The van der Waals surface area contributed by atoms with Crippen molar-refractivity contribution >= 4 is 28.7 Å². The van der Waals surface area contributed by atoms with Gasteiger partial charge in [-0.2, -0.15) is 0 Å². The molecule has 0 aliphatic carbocycles. The lowest BCUT2D eigenvalue weighted by atomic mass is 9.76. The lowest BCUT2D eigenvalue weighted by Crippen LogP contribution is -2.57. The second-order valence-corrected chi connectivity index (χ2v) is 9.15. The van der Waals surface area contributed by atoms with Crippen molar-refractivity contribution in [3.63, 3.8) is 0 Å². The van der Waals surface area contributed by atoms with Crippen LogP contribution < -0.4 is 5.32 Å². The number of benzene rings is 2. The number of nitrogens with one attached hydrogen (secondary N) is 2. The molecular formula is C27H27N3O4. The number of hydrogen-bond donors (Lipinski definition) is 3. The second kappa shape index (κ2) is 8.25. The van der Waals surface area contributed by atoms with Crippen molar-refractivity contribution < 1.29 is 19.5 Å². The van der Waals surface area contributed by atoms with E-state index < -0.39 is 35.3 Å². The summed E-state index contributed by atoms with van der Waals surface area (Å²) < 4.78 is 0. The Hall–Kier alpha value is -3.71. The number of carbonyl (C=O) groups is 3. The zero-order chi connectivity index (χ0) is 24.0. The largest absolute Gasteiger partial charge is 0.480 e. The van der Waals surface area contributed by atoms with Crippen molar-refractivity contribution in [2.75, 3.05) is 6.54 Å². The molecule has 34 heavy (non-hydrogen) atoms. The fraction of sp³-hybridized carbons (Fsp3) is 0.296. The number of hydrogen-bond acceptors (Lipinski definition) is 4. The van der Waals surface area contributed by atoms with Gasteiger partial charge in [-0.25, -0.2) is 0 Å². The van der Waals surface area contributed by atoms with E-state index in [1.54, 1.807) is 18.3 Å². The highest BCUT2D eigenvalue weighted by atomic mass is 16.4. The molecule has 0 saturated carbocycles. The fourth-order valence-electron chi connectivity index (χ4n) is 5.67. The lowest BCUT2D eigenvalue weighted by molar-refractivity contribution is -0.151. The number of nitrogens with zero attached hydrogens (tertiary/aromatic N) is 1. The van der Waals surface area contributed by atoms with E-state index in [0.29, 0.717) is 0 Å². The van der Waals surface area contributed by atoms with Gasteiger partial charge in [0.2, 0.25) is 11.8 Å². The molecule has 3 aromatic rings. The highest BCUT2D eigenvalue weighted by Gasteiger charge is 2.68. The number of allylic oxidation sites excluding steroid dienone is 1. The van der Waals surface area contributed by atoms with Gasteiger partial charge in [-0.1, -0.05) is 54.6 Å². The summed E-state index contributed by atoms with van der Waals surface area (Å²) in [6.45, 7) is 3.90. The summed E-state index contributed by atoms with van der Waals surface area (Å²) in [5, 5.41) is 14.8. The van der Waals surface area contributed by atoms with Crippen molar-refractivity contribution in [3.8, 4) is 0 Å². The third-order valence-electron chi connectivity index (χ3n) is 7.32. The molecule has 2 amide bonds. The third-order valence-corrected chi connectivity index (χ3v) is 7.32. The minimum Gasteiger partial charge on any atom is -0.480 e. The number of H-pyrrole nitrogens is 1. The molecule has 7 heteroatoms. The number of amides is 2. The van der Waals surface area contributed by atoms with E-state index >= 15 is 0 Å². The molecule has 174 valence electrons. The smallest absolute Gasteiger partial charge is 0.325 e. The van der Waals surface area contributed by atoms with Gasteiger partial charge in [0.1, 0.15) is 5.54 Å². The molecule has 4 unspecified atom stereocenters. The topological polar surface area (TPSA) is 102 Å². The average molecular weight is 458 g/mol. The molecule has 5 rings (SSSR count). The van der Waals surface area contributed by atoms with E-state index in [1.165, 1.54) is 4.90 Å². The number of aliphatic carboxylic acids is 1. The van der Waals surface area contributed by atoms with Crippen molar-refractivity contribution in [3.05, 3.63) is 83.6 Å². The highest BCUT2D eigenvalue weighted by molar-refractivity contribution is 6.09. The molecule has 2 aromatic carbocycles. The van der Waals surface area contributed by atoms with Gasteiger partial charge in [0, 0.05) is 36.1 Å². The van der Waals surface area contributed by atoms with Crippen LogP contribution in [0.25, 0.3) is 10.9 Å². The third kappa shape index (κ3) is 3.19. The number of carboxylic acid groups (broad SMARTS) is 1. The Morgan fingerprint density at radius 2 is 1.85 bits per heavy atom. The number of para-hydroxylation sites is 1. The highest BCUT2D eigenvalue weighted by Crippen LogP contribution is 2.50. The van der Waals surface area contributed by atoms with Gasteiger partial charge >= 0.3 is 5.97 Å². The first-order chi connectivity index (χ1) is 16.4. The Morgan fingerprint density at radius 3 is 2.59 bits per heavy atom. The summed E-state index contributed by atoms with van der Waals surface area (Å²) in [6.07, 6.45) is 5.40. The summed E-state index contributed by atoms with van der Waals surface area (Å²) in [6, 6.07) is 14.7. The first kappa shape index (κ1) is 22.1. The molecule has 1 aromatic heterocycles. The van der Waals surface area contributed by atoms with Crippen LogP contribution >= 0.6 is 0 Å². The van der Waals surface area contributed by atoms with E-state index in [0.717, 1.165) is 27.6 Å². The molecule has 0 radical (unpaired) electrons. The molecule has 0 bridgehead atoms. The van der Waals surface area contributed by atoms with Crippen LogP contribution in [0.1, 0.15) is 29.7 Å². The lowest BCUT2D eigenvalue weighted by Gasteiger charge is -2.31. The van der Waals surface area contributed by atoms with Gasteiger partial charge in [0.15, 0.2) is 0 Å². The van der Waals surface area contributed by atoms with Gasteiger partial charge in [-0.05, 0) is 36.6 Å². The Balaban J connectivity index is 1.66. The van der Waals surface area contributed by atoms with Crippen molar-refractivity contribution in [2.45, 2.75) is 31.8 Å². The van der Waals surface area contributed by atoms with Crippen LogP contribution in [-0.2, 0) is 20.8 Å². The molecule has 2 aliphatic rings. The van der Waals surface area contributed by atoms with Crippen LogP contribution in [-0.4, -0.2) is 44.9 Å². The first-order valence-corrected chi connectivity index (χ1v) is 11.5. The zero-order valence-electron chi connectivity index (χ0n) is 19.1. The van der Waals surface area contributed by atoms with Crippen LogP contribution in [0.15, 0.2) is 66.9 Å². The molecular weight excluding hydrogens is 430 g/mol. The van der Waals surface area contributed by atoms with Crippen LogP contribution in [0.4, 0.5) is 0 Å². The van der Waals surface area contributed by atoms with E-state index in [4.69, 9.17) is 0 Å².